The zero-order valence-corrected chi connectivity index (χ0v) is 13.3. The van der Waals surface area contributed by atoms with Gasteiger partial charge in [0.1, 0.15) is 6.42 Å². The van der Waals surface area contributed by atoms with Crippen LogP contribution in [0.3, 0.4) is 0 Å². The monoisotopic (exact) mass is 350 g/mol. The van der Waals surface area contributed by atoms with Crippen molar-refractivity contribution in [3.8, 4) is 0 Å². The van der Waals surface area contributed by atoms with Crippen molar-refractivity contribution in [1.29, 1.82) is 0 Å². The molecule has 0 aromatic heterocycles. The Hall–Kier alpha value is -2.57. The minimum Gasteiger partial charge on any atom is -0.351 e. The second-order valence-corrected chi connectivity index (χ2v) is 6.17. The van der Waals surface area contributed by atoms with Gasteiger partial charge in [-0.15, -0.1) is 0 Å². The van der Waals surface area contributed by atoms with Gasteiger partial charge in [0, 0.05) is 19.5 Å². The third-order valence-electron chi connectivity index (χ3n) is 4.18. The van der Waals surface area contributed by atoms with Crippen molar-refractivity contribution < 1.29 is 22.8 Å². The molecule has 0 bridgehead atoms. The Labute approximate surface area is 142 Å². The Balaban J connectivity index is 1.66. The number of hydrogen-bond acceptors (Lipinski definition) is 2. The zero-order chi connectivity index (χ0) is 18.0. The molecule has 0 radical (unpaired) electrons. The predicted octanol–water partition coefficient (Wildman–Crippen LogP) is 3.01. The highest BCUT2D eigenvalue weighted by Gasteiger charge is 2.35. The summed E-state index contributed by atoms with van der Waals surface area (Å²) >= 11 is 0. The molecule has 4 nitrogen and oxygen atoms in total. The van der Waals surface area contributed by atoms with Crippen LogP contribution in [0.15, 0.2) is 42.5 Å². The normalized spacial score (nSPS) is 18.0. The van der Waals surface area contributed by atoms with Crippen LogP contribution in [0, 0.1) is 0 Å². The molecular weight excluding hydrogens is 333 g/mol. The largest absolute Gasteiger partial charge is 0.397 e. The molecule has 2 aromatic rings. The second-order valence-electron chi connectivity index (χ2n) is 6.17. The maximum atomic E-state index is 12.2. The smallest absolute Gasteiger partial charge is 0.351 e. The first-order valence-electron chi connectivity index (χ1n) is 7.92. The number of benzene rings is 2. The number of likely N-dealkylation sites (tertiary alicyclic amines) is 1. The Morgan fingerprint density at radius 2 is 1.88 bits per heavy atom. The summed E-state index contributed by atoms with van der Waals surface area (Å²) in [6.45, 7) is 0.581. The lowest BCUT2D eigenvalue weighted by atomic mass is 10.0. The van der Waals surface area contributed by atoms with E-state index in [4.69, 9.17) is 0 Å². The van der Waals surface area contributed by atoms with Gasteiger partial charge in [-0.3, -0.25) is 9.59 Å². The maximum absolute atomic E-state index is 12.2. The molecule has 0 saturated carbocycles. The van der Waals surface area contributed by atoms with E-state index in [1.54, 1.807) is 4.90 Å². The van der Waals surface area contributed by atoms with Crippen molar-refractivity contribution in [2.45, 2.75) is 31.6 Å². The number of amides is 2. The van der Waals surface area contributed by atoms with Gasteiger partial charge in [0.25, 0.3) is 0 Å². The summed E-state index contributed by atoms with van der Waals surface area (Å²) in [6, 6.07) is 13.0. The summed E-state index contributed by atoms with van der Waals surface area (Å²) in [4.78, 5) is 25.1. The Morgan fingerprint density at radius 1 is 1.16 bits per heavy atom. The van der Waals surface area contributed by atoms with Gasteiger partial charge in [-0.2, -0.15) is 13.2 Å². The third kappa shape index (κ3) is 4.29. The summed E-state index contributed by atoms with van der Waals surface area (Å²) in [5, 5.41) is 4.38. The van der Waals surface area contributed by atoms with E-state index >= 15 is 0 Å². The first-order valence-corrected chi connectivity index (χ1v) is 7.92. The molecular formula is C18H17F3N2O2. The Bertz CT molecular complexity index is 799. The molecule has 2 amide bonds. The lowest BCUT2D eigenvalue weighted by Crippen LogP contribution is -2.38. The molecule has 1 aliphatic rings. The van der Waals surface area contributed by atoms with E-state index in [2.05, 4.69) is 5.32 Å². The molecule has 1 N–H and O–H groups in total. The van der Waals surface area contributed by atoms with Crippen LogP contribution in [0.4, 0.5) is 13.2 Å². The average Bonchev–Trinajstić information content (AvgIpc) is 2.85. The van der Waals surface area contributed by atoms with E-state index in [9.17, 15) is 22.8 Å². The zero-order valence-electron chi connectivity index (χ0n) is 13.3. The number of carbonyl (C=O) groups is 2. The minimum absolute atomic E-state index is 0.0222. The fraction of sp³-hybridized carbons (Fsp3) is 0.333. The molecule has 1 unspecified atom stereocenters. The minimum atomic E-state index is -4.55. The summed E-state index contributed by atoms with van der Waals surface area (Å²) in [5.41, 5.74) is 0.966. The van der Waals surface area contributed by atoms with Crippen molar-refractivity contribution in [2.24, 2.45) is 0 Å². The molecule has 1 atom stereocenters. The topological polar surface area (TPSA) is 49.4 Å². The molecule has 0 spiro atoms. The quantitative estimate of drug-likeness (QED) is 0.922. The maximum Gasteiger partial charge on any atom is 0.397 e. The molecule has 3 rings (SSSR count). The second kappa shape index (κ2) is 6.74. The molecule has 132 valence electrons. The van der Waals surface area contributed by atoms with E-state index < -0.39 is 24.5 Å². The first-order chi connectivity index (χ1) is 11.8. The Kier molecular flexibility index (Phi) is 4.65. The summed E-state index contributed by atoms with van der Waals surface area (Å²) in [7, 11) is 0. The number of nitrogens with zero attached hydrogens (tertiary/aromatic N) is 1. The van der Waals surface area contributed by atoms with Crippen molar-refractivity contribution in [2.75, 3.05) is 6.54 Å². The van der Waals surface area contributed by atoms with Gasteiger partial charge in [-0.1, -0.05) is 42.5 Å². The van der Waals surface area contributed by atoms with E-state index in [0.717, 1.165) is 16.3 Å². The highest BCUT2D eigenvalue weighted by atomic mass is 19.4. The lowest BCUT2D eigenvalue weighted by Gasteiger charge is -2.18. The summed E-state index contributed by atoms with van der Waals surface area (Å²) < 4.78 is 36.7. The van der Waals surface area contributed by atoms with Gasteiger partial charge in [-0.05, 0) is 16.3 Å². The average molecular weight is 350 g/mol. The lowest BCUT2D eigenvalue weighted by molar-refractivity contribution is -0.154. The van der Waals surface area contributed by atoms with E-state index in [1.165, 1.54) is 0 Å². The Morgan fingerprint density at radius 3 is 2.64 bits per heavy atom. The van der Waals surface area contributed by atoms with E-state index in [0.29, 0.717) is 6.54 Å². The molecule has 7 heteroatoms. The van der Waals surface area contributed by atoms with Gasteiger partial charge >= 0.3 is 6.18 Å². The molecule has 25 heavy (non-hydrogen) atoms. The van der Waals surface area contributed by atoms with Gasteiger partial charge in [0.2, 0.25) is 11.8 Å². The van der Waals surface area contributed by atoms with Crippen LogP contribution in [0.2, 0.25) is 0 Å². The molecule has 2 aromatic carbocycles. The number of carbonyl (C=O) groups excluding carboxylic acids is 2. The van der Waals surface area contributed by atoms with Crippen LogP contribution in [-0.4, -0.2) is 35.5 Å². The summed E-state index contributed by atoms with van der Waals surface area (Å²) in [5.74, 6) is -1.28. The van der Waals surface area contributed by atoms with Crippen LogP contribution in [0.1, 0.15) is 18.4 Å². The van der Waals surface area contributed by atoms with Crippen LogP contribution >= 0.6 is 0 Å². The molecule has 1 saturated heterocycles. The highest BCUT2D eigenvalue weighted by Crippen LogP contribution is 2.23. The van der Waals surface area contributed by atoms with E-state index in [1.807, 2.05) is 42.5 Å². The van der Waals surface area contributed by atoms with Crippen LogP contribution in [-0.2, 0) is 16.1 Å². The number of halogens is 3. The fourth-order valence-corrected chi connectivity index (χ4v) is 3.12. The number of alkyl halides is 3. The van der Waals surface area contributed by atoms with Crippen molar-refractivity contribution in [3.05, 3.63) is 48.0 Å². The molecule has 1 fully saturated rings. The van der Waals surface area contributed by atoms with Crippen molar-refractivity contribution in [1.82, 2.24) is 10.2 Å². The van der Waals surface area contributed by atoms with Crippen LogP contribution < -0.4 is 5.32 Å². The number of hydrogen-bond donors (Lipinski definition) is 1. The van der Waals surface area contributed by atoms with E-state index in [-0.39, 0.29) is 18.9 Å². The fourth-order valence-electron chi connectivity index (χ4n) is 3.12. The van der Waals surface area contributed by atoms with Gasteiger partial charge in [0.15, 0.2) is 0 Å². The van der Waals surface area contributed by atoms with Crippen LogP contribution in [0.5, 0.6) is 0 Å². The summed E-state index contributed by atoms with van der Waals surface area (Å²) in [6.07, 6.45) is -6.05. The van der Waals surface area contributed by atoms with Crippen LogP contribution in [0.25, 0.3) is 10.8 Å². The van der Waals surface area contributed by atoms with Gasteiger partial charge in [0.05, 0.1) is 6.04 Å². The molecule has 1 heterocycles. The standard InChI is InChI=1S/C18H17F3N2O2/c19-18(20,21)9-16(24)22-14-8-17(25)23(11-14)10-13-6-3-5-12-4-1-2-7-15(12)13/h1-7,14H,8-11H2,(H,22,24). The van der Waals surface area contributed by atoms with Crippen molar-refractivity contribution >= 4 is 22.6 Å². The van der Waals surface area contributed by atoms with Gasteiger partial charge in [-0.25, -0.2) is 0 Å². The van der Waals surface area contributed by atoms with Gasteiger partial charge < -0.3 is 10.2 Å². The molecule has 0 aliphatic carbocycles. The number of nitrogens with one attached hydrogen (secondary N) is 1. The SMILES string of the molecule is O=C(CC(F)(F)F)NC1CC(=O)N(Cc2cccc3ccccc23)C1. The number of rotatable bonds is 4. The third-order valence-corrected chi connectivity index (χ3v) is 4.18. The predicted molar refractivity (Wildman–Crippen MR) is 86.6 cm³/mol. The highest BCUT2D eigenvalue weighted by molar-refractivity contribution is 5.87. The number of fused-ring (bicyclic) bond motifs is 1. The molecule has 1 aliphatic heterocycles. The first kappa shape index (κ1) is 17.3. The van der Waals surface area contributed by atoms with Crippen molar-refractivity contribution in [3.63, 3.8) is 0 Å².